The Morgan fingerprint density at radius 2 is 1.90 bits per heavy atom. The molecule has 0 fully saturated rings. The topological polar surface area (TPSA) is 39.4 Å². The summed E-state index contributed by atoms with van der Waals surface area (Å²) in [4.78, 5) is 12.1. The van der Waals surface area contributed by atoms with Crippen molar-refractivity contribution < 1.29 is 13.9 Å². The van der Waals surface area contributed by atoms with Gasteiger partial charge in [-0.25, -0.2) is 4.79 Å². The van der Waals surface area contributed by atoms with Crippen LogP contribution in [0.3, 0.4) is 0 Å². The second-order valence-electron chi connectivity index (χ2n) is 4.60. The van der Waals surface area contributed by atoms with Crippen LogP contribution in [0.2, 0.25) is 0 Å². The smallest absolute Gasteiger partial charge is 0.342 e. The predicted octanol–water partition coefficient (Wildman–Crippen LogP) is 4.46. The molecule has 0 aliphatic carbocycles. The SMILES string of the molecule is C=C(C)c1c(-c2ccccc2)oc(C)c1C(=O)OCC. The lowest BCUT2D eigenvalue weighted by Crippen LogP contribution is -2.07. The highest BCUT2D eigenvalue weighted by Crippen LogP contribution is 2.35. The maximum absolute atomic E-state index is 12.1. The molecule has 0 radical (unpaired) electrons. The van der Waals surface area contributed by atoms with Crippen LogP contribution in [-0.4, -0.2) is 12.6 Å². The fourth-order valence-electron chi connectivity index (χ4n) is 2.19. The zero-order valence-corrected chi connectivity index (χ0v) is 12.0. The monoisotopic (exact) mass is 270 g/mol. The first-order valence-electron chi connectivity index (χ1n) is 6.58. The van der Waals surface area contributed by atoms with Crippen LogP contribution in [-0.2, 0) is 4.74 Å². The Bertz CT molecular complexity index is 636. The highest BCUT2D eigenvalue weighted by atomic mass is 16.5. The van der Waals surface area contributed by atoms with E-state index in [2.05, 4.69) is 6.58 Å². The molecule has 0 unspecified atom stereocenters. The Kier molecular flexibility index (Phi) is 4.08. The van der Waals surface area contributed by atoms with Crippen LogP contribution in [0.1, 0.15) is 35.5 Å². The highest BCUT2D eigenvalue weighted by molar-refractivity contribution is 5.99. The molecule has 0 atom stereocenters. The summed E-state index contributed by atoms with van der Waals surface area (Å²) in [5.74, 6) is 0.855. The largest absolute Gasteiger partial charge is 0.462 e. The zero-order chi connectivity index (χ0) is 14.7. The summed E-state index contributed by atoms with van der Waals surface area (Å²) in [6.07, 6.45) is 0. The average Bonchev–Trinajstić information content (AvgIpc) is 2.78. The normalized spacial score (nSPS) is 10.3. The van der Waals surface area contributed by atoms with Crippen molar-refractivity contribution in [2.75, 3.05) is 6.61 Å². The van der Waals surface area contributed by atoms with Crippen LogP contribution in [0.4, 0.5) is 0 Å². The molecule has 2 rings (SSSR count). The number of aryl methyl sites for hydroxylation is 1. The van der Waals surface area contributed by atoms with E-state index < -0.39 is 0 Å². The minimum absolute atomic E-state index is 0.333. The summed E-state index contributed by atoms with van der Waals surface area (Å²) in [5, 5.41) is 0. The van der Waals surface area contributed by atoms with E-state index in [1.54, 1.807) is 13.8 Å². The van der Waals surface area contributed by atoms with Gasteiger partial charge in [0.05, 0.1) is 6.61 Å². The number of allylic oxidation sites excluding steroid dienone is 1. The lowest BCUT2D eigenvalue weighted by atomic mass is 9.99. The number of furan rings is 1. The van der Waals surface area contributed by atoms with Gasteiger partial charge in [-0.2, -0.15) is 0 Å². The first-order valence-corrected chi connectivity index (χ1v) is 6.58. The summed E-state index contributed by atoms with van der Waals surface area (Å²) in [5.41, 5.74) is 2.90. The number of esters is 1. The first kappa shape index (κ1) is 14.1. The molecular weight excluding hydrogens is 252 g/mol. The van der Waals surface area contributed by atoms with Crippen molar-refractivity contribution in [3.05, 3.63) is 53.8 Å². The quantitative estimate of drug-likeness (QED) is 0.770. The Balaban J connectivity index is 2.63. The molecule has 3 nitrogen and oxygen atoms in total. The summed E-state index contributed by atoms with van der Waals surface area (Å²) in [6, 6.07) is 9.68. The molecule has 0 amide bonds. The van der Waals surface area contributed by atoms with Gasteiger partial charge in [-0.15, -0.1) is 0 Å². The Labute approximate surface area is 118 Å². The van der Waals surface area contributed by atoms with Gasteiger partial charge >= 0.3 is 5.97 Å². The molecule has 0 N–H and O–H groups in total. The molecule has 0 aliphatic heterocycles. The number of hydrogen-bond donors (Lipinski definition) is 0. The Hall–Kier alpha value is -2.29. The number of ether oxygens (including phenoxy) is 1. The summed E-state index contributed by atoms with van der Waals surface area (Å²) in [6.45, 7) is 9.71. The second-order valence-corrected chi connectivity index (χ2v) is 4.60. The number of carbonyl (C=O) groups is 1. The summed E-state index contributed by atoms with van der Waals surface area (Å²) in [7, 11) is 0. The van der Waals surface area contributed by atoms with Crippen LogP contribution in [0.15, 0.2) is 41.3 Å². The average molecular weight is 270 g/mol. The van der Waals surface area contributed by atoms with E-state index in [1.807, 2.05) is 37.3 Å². The van der Waals surface area contributed by atoms with Crippen molar-refractivity contribution in [1.29, 1.82) is 0 Å². The van der Waals surface area contributed by atoms with Gasteiger partial charge in [-0.3, -0.25) is 0 Å². The van der Waals surface area contributed by atoms with Crippen molar-refractivity contribution in [1.82, 2.24) is 0 Å². The predicted molar refractivity (Wildman–Crippen MR) is 79.5 cm³/mol. The first-order chi connectivity index (χ1) is 9.56. The van der Waals surface area contributed by atoms with Crippen molar-refractivity contribution in [3.63, 3.8) is 0 Å². The molecule has 0 aliphatic rings. The Morgan fingerprint density at radius 1 is 1.25 bits per heavy atom. The fraction of sp³-hybridized carbons (Fsp3) is 0.235. The van der Waals surface area contributed by atoms with Crippen LogP contribution >= 0.6 is 0 Å². The number of benzene rings is 1. The van der Waals surface area contributed by atoms with Gasteiger partial charge in [0.1, 0.15) is 17.1 Å². The highest BCUT2D eigenvalue weighted by Gasteiger charge is 2.25. The second kappa shape index (κ2) is 5.78. The van der Waals surface area contributed by atoms with Crippen LogP contribution in [0.5, 0.6) is 0 Å². The lowest BCUT2D eigenvalue weighted by Gasteiger charge is -2.05. The number of carbonyl (C=O) groups excluding carboxylic acids is 1. The van der Waals surface area contributed by atoms with Crippen LogP contribution in [0.25, 0.3) is 16.9 Å². The number of hydrogen-bond acceptors (Lipinski definition) is 3. The molecule has 0 saturated carbocycles. The van der Waals surface area contributed by atoms with E-state index >= 15 is 0 Å². The van der Waals surface area contributed by atoms with Gasteiger partial charge in [-0.05, 0) is 26.3 Å². The van der Waals surface area contributed by atoms with E-state index in [0.29, 0.717) is 23.7 Å². The van der Waals surface area contributed by atoms with Crippen LogP contribution < -0.4 is 0 Å². The minimum Gasteiger partial charge on any atom is -0.462 e. The summed E-state index contributed by atoms with van der Waals surface area (Å²) >= 11 is 0. The summed E-state index contributed by atoms with van der Waals surface area (Å²) < 4.78 is 10.9. The molecule has 0 spiro atoms. The van der Waals surface area contributed by atoms with Crippen molar-refractivity contribution >= 4 is 11.5 Å². The lowest BCUT2D eigenvalue weighted by molar-refractivity contribution is 0.0524. The molecule has 2 aromatic rings. The van der Waals surface area contributed by atoms with E-state index in [-0.39, 0.29) is 5.97 Å². The molecule has 1 heterocycles. The molecular formula is C17H18O3. The Morgan fingerprint density at radius 3 is 2.45 bits per heavy atom. The van der Waals surface area contributed by atoms with Gasteiger partial charge in [0.15, 0.2) is 0 Å². The maximum atomic E-state index is 12.1. The molecule has 3 heteroatoms. The van der Waals surface area contributed by atoms with E-state index in [0.717, 1.165) is 16.7 Å². The van der Waals surface area contributed by atoms with Gasteiger partial charge in [0.25, 0.3) is 0 Å². The van der Waals surface area contributed by atoms with Crippen molar-refractivity contribution in [3.8, 4) is 11.3 Å². The van der Waals surface area contributed by atoms with E-state index in [1.165, 1.54) is 0 Å². The standard InChI is InChI=1S/C17H18O3/c1-5-19-17(18)15-12(4)20-16(14(15)11(2)3)13-9-7-6-8-10-13/h6-10H,2,5H2,1,3-4H3. The maximum Gasteiger partial charge on any atom is 0.342 e. The van der Waals surface area contributed by atoms with Crippen molar-refractivity contribution in [2.24, 2.45) is 0 Å². The molecule has 0 saturated heterocycles. The molecule has 1 aromatic carbocycles. The van der Waals surface area contributed by atoms with E-state index in [4.69, 9.17) is 9.15 Å². The van der Waals surface area contributed by atoms with Gasteiger partial charge in [0.2, 0.25) is 0 Å². The van der Waals surface area contributed by atoms with Crippen molar-refractivity contribution in [2.45, 2.75) is 20.8 Å². The molecule has 104 valence electrons. The van der Waals surface area contributed by atoms with Gasteiger partial charge < -0.3 is 9.15 Å². The third kappa shape index (κ3) is 2.52. The molecule has 1 aromatic heterocycles. The van der Waals surface area contributed by atoms with Crippen LogP contribution in [0, 0.1) is 6.92 Å². The third-order valence-corrected chi connectivity index (χ3v) is 3.03. The van der Waals surface area contributed by atoms with E-state index in [9.17, 15) is 4.79 Å². The zero-order valence-electron chi connectivity index (χ0n) is 12.0. The number of rotatable bonds is 4. The molecule has 20 heavy (non-hydrogen) atoms. The van der Waals surface area contributed by atoms with Gasteiger partial charge in [-0.1, -0.05) is 36.9 Å². The minimum atomic E-state index is -0.367. The third-order valence-electron chi connectivity index (χ3n) is 3.03. The van der Waals surface area contributed by atoms with Gasteiger partial charge in [0, 0.05) is 11.1 Å². The molecule has 0 bridgehead atoms. The fourth-order valence-corrected chi connectivity index (χ4v) is 2.19.